The third kappa shape index (κ3) is 3.91. The maximum absolute atomic E-state index is 11.8. The summed E-state index contributed by atoms with van der Waals surface area (Å²) in [7, 11) is 1.61. The molecule has 0 atom stereocenters. The number of aryl methyl sites for hydroxylation is 1. The lowest BCUT2D eigenvalue weighted by atomic mass is 10.2. The van der Waals surface area contributed by atoms with Crippen LogP contribution in [-0.2, 0) is 4.74 Å². The Hall–Kier alpha value is -2.69. The molecule has 0 heterocycles. The summed E-state index contributed by atoms with van der Waals surface area (Å²) >= 11 is 0. The van der Waals surface area contributed by atoms with Crippen molar-refractivity contribution in [3.8, 4) is 5.75 Å². The van der Waals surface area contributed by atoms with E-state index in [4.69, 9.17) is 9.47 Å². The molecular weight excluding hydrogens is 280 g/mol. The van der Waals surface area contributed by atoms with E-state index in [-0.39, 0.29) is 0 Å². The highest BCUT2D eigenvalue weighted by Gasteiger charge is 2.13. The molecule has 0 aliphatic heterocycles. The normalized spacial score (nSPS) is 9.95. The quantitative estimate of drug-likeness (QED) is 0.853. The summed E-state index contributed by atoms with van der Waals surface area (Å²) < 4.78 is 10.1. The van der Waals surface area contributed by atoms with Gasteiger partial charge >= 0.3 is 6.09 Å². The molecule has 0 fully saturated rings. The molecule has 0 spiro atoms. The molecule has 0 unspecified atom stereocenters. The van der Waals surface area contributed by atoms with E-state index in [1.165, 1.54) is 0 Å². The van der Waals surface area contributed by atoms with Gasteiger partial charge in [-0.15, -0.1) is 0 Å². The first-order valence-electron chi connectivity index (χ1n) is 7.08. The van der Waals surface area contributed by atoms with Gasteiger partial charge in [0.1, 0.15) is 5.75 Å². The van der Waals surface area contributed by atoms with Gasteiger partial charge in [-0.1, -0.05) is 17.7 Å². The molecule has 2 aromatic carbocycles. The number of hydrogen-bond acceptors (Lipinski definition) is 4. The van der Waals surface area contributed by atoms with Gasteiger partial charge in [-0.25, -0.2) is 10.2 Å². The zero-order chi connectivity index (χ0) is 15.9. The van der Waals surface area contributed by atoms with Crippen molar-refractivity contribution in [2.24, 2.45) is 0 Å². The number of carbonyl (C=O) groups excluding carboxylic acids is 1. The fourth-order valence-corrected chi connectivity index (χ4v) is 1.96. The molecule has 0 aliphatic rings. The topological polar surface area (TPSA) is 50.8 Å². The first-order chi connectivity index (χ1) is 10.6. The minimum absolute atomic E-state index is 0.316. The summed E-state index contributed by atoms with van der Waals surface area (Å²) in [5, 5.41) is 1.68. The van der Waals surface area contributed by atoms with E-state index in [1.54, 1.807) is 19.0 Å². The Bertz CT molecular complexity index is 609. The van der Waals surface area contributed by atoms with Crippen LogP contribution in [0, 0.1) is 6.92 Å². The molecule has 5 nitrogen and oxygen atoms in total. The van der Waals surface area contributed by atoms with Crippen LogP contribution in [-0.4, -0.2) is 19.8 Å². The fourth-order valence-electron chi connectivity index (χ4n) is 1.96. The van der Waals surface area contributed by atoms with Crippen molar-refractivity contribution in [2.75, 3.05) is 18.7 Å². The zero-order valence-corrected chi connectivity index (χ0v) is 13.0. The van der Waals surface area contributed by atoms with Crippen LogP contribution >= 0.6 is 0 Å². The van der Waals surface area contributed by atoms with Crippen molar-refractivity contribution in [2.45, 2.75) is 13.8 Å². The number of hydrazine groups is 1. The van der Waals surface area contributed by atoms with Crippen LogP contribution in [0.4, 0.5) is 16.2 Å². The van der Waals surface area contributed by atoms with E-state index in [0.717, 1.165) is 22.7 Å². The molecule has 116 valence electrons. The van der Waals surface area contributed by atoms with E-state index in [9.17, 15) is 4.79 Å². The average molecular weight is 300 g/mol. The number of anilines is 2. The van der Waals surface area contributed by atoms with Crippen LogP contribution in [0.1, 0.15) is 12.5 Å². The second-order valence-electron chi connectivity index (χ2n) is 4.70. The van der Waals surface area contributed by atoms with Crippen molar-refractivity contribution >= 4 is 17.5 Å². The number of amides is 1. The highest BCUT2D eigenvalue weighted by Crippen LogP contribution is 2.25. The average Bonchev–Trinajstić information content (AvgIpc) is 2.54. The molecule has 0 radical (unpaired) electrons. The van der Waals surface area contributed by atoms with Crippen molar-refractivity contribution < 1.29 is 14.3 Å². The lowest BCUT2D eigenvalue weighted by molar-refractivity contribution is 0.152. The maximum Gasteiger partial charge on any atom is 0.426 e. The number of nitrogens with one attached hydrogen (secondary N) is 1. The summed E-state index contributed by atoms with van der Waals surface area (Å²) in [6, 6.07) is 15.2. The van der Waals surface area contributed by atoms with E-state index in [1.807, 2.05) is 55.5 Å². The van der Waals surface area contributed by atoms with E-state index in [0.29, 0.717) is 6.61 Å². The third-order valence-electron chi connectivity index (χ3n) is 3.10. The van der Waals surface area contributed by atoms with Crippen molar-refractivity contribution in [3.05, 3.63) is 54.1 Å². The van der Waals surface area contributed by atoms with Gasteiger partial charge in [0.15, 0.2) is 0 Å². The molecular formula is C17H20N2O3. The van der Waals surface area contributed by atoms with Crippen LogP contribution in [0.15, 0.2) is 48.5 Å². The van der Waals surface area contributed by atoms with Crippen LogP contribution in [0.5, 0.6) is 5.75 Å². The predicted octanol–water partition coefficient (Wildman–Crippen LogP) is 3.80. The first-order valence-corrected chi connectivity index (χ1v) is 7.08. The number of rotatable bonds is 5. The Labute approximate surface area is 130 Å². The van der Waals surface area contributed by atoms with Crippen LogP contribution < -0.4 is 15.2 Å². The Morgan fingerprint density at radius 1 is 1.05 bits per heavy atom. The van der Waals surface area contributed by atoms with Gasteiger partial charge in [0, 0.05) is 0 Å². The summed E-state index contributed by atoms with van der Waals surface area (Å²) in [4.78, 5) is 11.8. The molecule has 0 aromatic heterocycles. The van der Waals surface area contributed by atoms with E-state index < -0.39 is 6.09 Å². The van der Waals surface area contributed by atoms with Gasteiger partial charge < -0.3 is 9.47 Å². The molecule has 1 amide bonds. The van der Waals surface area contributed by atoms with Crippen molar-refractivity contribution in [1.82, 2.24) is 5.43 Å². The monoisotopic (exact) mass is 300 g/mol. The van der Waals surface area contributed by atoms with Crippen LogP contribution in [0.25, 0.3) is 0 Å². The van der Waals surface area contributed by atoms with Crippen molar-refractivity contribution in [3.63, 3.8) is 0 Å². The number of benzene rings is 2. The van der Waals surface area contributed by atoms with Gasteiger partial charge in [-0.05, 0) is 50.2 Å². The summed E-state index contributed by atoms with van der Waals surface area (Å²) in [5.74, 6) is 0.753. The largest absolute Gasteiger partial charge is 0.497 e. The molecule has 0 saturated heterocycles. The highest BCUT2D eigenvalue weighted by molar-refractivity contribution is 5.75. The molecule has 1 N–H and O–H groups in total. The number of ether oxygens (including phenoxy) is 2. The third-order valence-corrected chi connectivity index (χ3v) is 3.10. The molecule has 0 saturated carbocycles. The lowest BCUT2D eigenvalue weighted by Crippen LogP contribution is -2.39. The zero-order valence-electron chi connectivity index (χ0n) is 13.0. The minimum Gasteiger partial charge on any atom is -0.497 e. The SMILES string of the molecule is CCOC(=O)NN(c1ccc(C)cc1)c1ccc(OC)cc1. The summed E-state index contributed by atoms with van der Waals surface area (Å²) in [6.45, 7) is 4.10. The maximum atomic E-state index is 11.8. The van der Waals surface area contributed by atoms with E-state index in [2.05, 4.69) is 5.43 Å². The number of methoxy groups -OCH3 is 1. The minimum atomic E-state index is -0.501. The smallest absolute Gasteiger partial charge is 0.426 e. The standard InChI is InChI=1S/C17H20N2O3/c1-4-22-17(20)18-19(14-7-5-13(2)6-8-14)15-9-11-16(21-3)12-10-15/h5-12H,4H2,1-3H3,(H,18,20). The van der Waals surface area contributed by atoms with Gasteiger partial charge in [0.25, 0.3) is 0 Å². The van der Waals surface area contributed by atoms with Gasteiger partial charge in [0.05, 0.1) is 25.1 Å². The number of hydrogen-bond donors (Lipinski definition) is 1. The first kappa shape index (κ1) is 15.7. The highest BCUT2D eigenvalue weighted by atomic mass is 16.6. The molecule has 2 aromatic rings. The van der Waals surface area contributed by atoms with Gasteiger partial charge in [0.2, 0.25) is 0 Å². The molecule has 0 aliphatic carbocycles. The molecule has 2 rings (SSSR count). The number of nitrogens with zero attached hydrogens (tertiary/aromatic N) is 1. The summed E-state index contributed by atoms with van der Waals surface area (Å²) in [5.41, 5.74) is 5.53. The molecule has 5 heteroatoms. The molecule has 22 heavy (non-hydrogen) atoms. The second kappa shape index (κ2) is 7.36. The summed E-state index contributed by atoms with van der Waals surface area (Å²) in [6.07, 6.45) is -0.501. The van der Waals surface area contributed by atoms with E-state index >= 15 is 0 Å². The second-order valence-corrected chi connectivity index (χ2v) is 4.70. The Balaban J connectivity index is 2.31. The van der Waals surface area contributed by atoms with Gasteiger partial charge in [-0.3, -0.25) is 5.01 Å². The Morgan fingerprint density at radius 2 is 1.59 bits per heavy atom. The fraction of sp³-hybridized carbons (Fsp3) is 0.235. The van der Waals surface area contributed by atoms with Gasteiger partial charge in [-0.2, -0.15) is 0 Å². The molecule has 0 bridgehead atoms. The van der Waals surface area contributed by atoms with Crippen LogP contribution in [0.3, 0.4) is 0 Å². The number of carbonyl (C=O) groups is 1. The lowest BCUT2D eigenvalue weighted by Gasteiger charge is -2.25. The van der Waals surface area contributed by atoms with Crippen LogP contribution in [0.2, 0.25) is 0 Å². The Morgan fingerprint density at radius 3 is 2.09 bits per heavy atom. The Kier molecular flexibility index (Phi) is 5.25. The predicted molar refractivity (Wildman–Crippen MR) is 86.5 cm³/mol. The van der Waals surface area contributed by atoms with Crippen molar-refractivity contribution in [1.29, 1.82) is 0 Å².